The number of fused-ring (bicyclic) bond motifs is 1. The summed E-state index contributed by atoms with van der Waals surface area (Å²) in [5.74, 6) is 0.934. The smallest absolute Gasteiger partial charge is 0.139 e. The molecule has 0 amide bonds. The number of ether oxygens (including phenoxy) is 1. The standard InChI is InChI=1S/C15H17BrClFN2O/c1-9(17)15-19-13-5-11(16)12(18)6-14(13)20(15)7-10-3-2-4-21-8-10/h5-6,9-10H,2-4,7-8H2,1H3. The molecule has 2 unspecified atom stereocenters. The van der Waals surface area contributed by atoms with Crippen LogP contribution in [0.1, 0.15) is 31.0 Å². The number of nitrogens with zero attached hydrogens (tertiary/aromatic N) is 2. The summed E-state index contributed by atoms with van der Waals surface area (Å²) in [6, 6.07) is 3.24. The van der Waals surface area contributed by atoms with E-state index < -0.39 is 0 Å². The molecule has 114 valence electrons. The lowest BCUT2D eigenvalue weighted by Crippen LogP contribution is -2.23. The zero-order valence-electron chi connectivity index (χ0n) is 11.8. The first-order chi connectivity index (χ1) is 10.1. The Labute approximate surface area is 136 Å². The van der Waals surface area contributed by atoms with Gasteiger partial charge in [0.25, 0.3) is 0 Å². The summed E-state index contributed by atoms with van der Waals surface area (Å²) in [5, 5.41) is -0.219. The number of halogens is 3. The Bertz CT molecular complexity index is 653. The Balaban J connectivity index is 2.04. The summed E-state index contributed by atoms with van der Waals surface area (Å²) in [4.78, 5) is 4.57. The highest BCUT2D eigenvalue weighted by Gasteiger charge is 2.21. The van der Waals surface area contributed by atoms with E-state index in [1.54, 1.807) is 6.07 Å². The third kappa shape index (κ3) is 3.10. The molecule has 1 fully saturated rings. The highest BCUT2D eigenvalue weighted by molar-refractivity contribution is 9.10. The van der Waals surface area contributed by atoms with E-state index in [4.69, 9.17) is 16.3 Å². The van der Waals surface area contributed by atoms with E-state index in [2.05, 4.69) is 20.9 Å². The molecule has 6 heteroatoms. The molecule has 0 N–H and O–H groups in total. The summed E-state index contributed by atoms with van der Waals surface area (Å²) in [6.07, 6.45) is 2.19. The molecule has 0 spiro atoms. The molecule has 1 saturated heterocycles. The van der Waals surface area contributed by atoms with Gasteiger partial charge >= 0.3 is 0 Å². The predicted molar refractivity (Wildman–Crippen MR) is 85.2 cm³/mol. The van der Waals surface area contributed by atoms with Crippen molar-refractivity contribution in [2.24, 2.45) is 5.92 Å². The maximum atomic E-state index is 13.9. The van der Waals surface area contributed by atoms with Gasteiger partial charge in [0.05, 0.1) is 27.5 Å². The van der Waals surface area contributed by atoms with E-state index in [-0.39, 0.29) is 11.2 Å². The Kier molecular flexibility index (Phi) is 4.52. The van der Waals surface area contributed by atoms with Crippen LogP contribution in [-0.2, 0) is 11.3 Å². The van der Waals surface area contributed by atoms with Gasteiger partial charge < -0.3 is 9.30 Å². The fourth-order valence-electron chi connectivity index (χ4n) is 2.84. The fraction of sp³-hybridized carbons (Fsp3) is 0.533. The molecule has 0 saturated carbocycles. The van der Waals surface area contributed by atoms with Crippen molar-refractivity contribution < 1.29 is 9.13 Å². The molecule has 2 atom stereocenters. The molecular formula is C15H17BrClFN2O. The van der Waals surface area contributed by atoms with Crippen LogP contribution < -0.4 is 0 Å². The Morgan fingerprint density at radius 3 is 3.05 bits per heavy atom. The van der Waals surface area contributed by atoms with Gasteiger partial charge in [0.15, 0.2) is 0 Å². The van der Waals surface area contributed by atoms with Crippen LogP contribution >= 0.6 is 27.5 Å². The van der Waals surface area contributed by atoms with Crippen LogP contribution in [0.5, 0.6) is 0 Å². The summed E-state index contributed by atoms with van der Waals surface area (Å²) >= 11 is 9.47. The first-order valence-corrected chi connectivity index (χ1v) is 8.36. The second-order valence-electron chi connectivity index (χ2n) is 5.53. The van der Waals surface area contributed by atoms with Crippen LogP contribution in [0, 0.1) is 11.7 Å². The molecule has 1 aliphatic rings. The lowest BCUT2D eigenvalue weighted by atomic mass is 10.0. The highest BCUT2D eigenvalue weighted by atomic mass is 79.9. The number of aromatic nitrogens is 2. The maximum Gasteiger partial charge on any atom is 0.139 e. The minimum absolute atomic E-state index is 0.219. The number of hydrogen-bond donors (Lipinski definition) is 0. The third-order valence-electron chi connectivity index (χ3n) is 3.87. The molecule has 1 aromatic carbocycles. The van der Waals surface area contributed by atoms with Gasteiger partial charge in [-0.25, -0.2) is 9.37 Å². The quantitative estimate of drug-likeness (QED) is 0.729. The van der Waals surface area contributed by atoms with Crippen LogP contribution in [0.2, 0.25) is 0 Å². The van der Waals surface area contributed by atoms with Crippen molar-refractivity contribution in [1.29, 1.82) is 0 Å². The van der Waals surface area contributed by atoms with Crippen LogP contribution in [0.25, 0.3) is 11.0 Å². The number of imidazole rings is 1. The Morgan fingerprint density at radius 2 is 2.38 bits per heavy atom. The van der Waals surface area contributed by atoms with E-state index in [9.17, 15) is 4.39 Å². The minimum atomic E-state index is -0.280. The normalized spacial score (nSPS) is 20.9. The molecule has 1 aromatic heterocycles. The second-order valence-corrected chi connectivity index (χ2v) is 7.04. The summed E-state index contributed by atoms with van der Waals surface area (Å²) in [5.41, 5.74) is 1.56. The van der Waals surface area contributed by atoms with Gasteiger partial charge in [0.2, 0.25) is 0 Å². The number of alkyl halides is 1. The van der Waals surface area contributed by atoms with E-state index in [1.807, 2.05) is 11.5 Å². The Hall–Kier alpha value is -0.650. The van der Waals surface area contributed by atoms with Crippen molar-refractivity contribution >= 4 is 38.6 Å². The zero-order chi connectivity index (χ0) is 15.0. The number of benzene rings is 1. The predicted octanol–water partition coefficient (Wildman–Crippen LogP) is 4.66. The molecule has 0 bridgehead atoms. The van der Waals surface area contributed by atoms with Crippen molar-refractivity contribution in [2.45, 2.75) is 31.7 Å². The molecule has 2 aromatic rings. The van der Waals surface area contributed by atoms with E-state index in [0.717, 1.165) is 49.5 Å². The molecule has 0 aliphatic carbocycles. The third-order valence-corrected chi connectivity index (χ3v) is 4.67. The van der Waals surface area contributed by atoms with Gasteiger partial charge in [-0.15, -0.1) is 11.6 Å². The largest absolute Gasteiger partial charge is 0.381 e. The van der Waals surface area contributed by atoms with E-state index >= 15 is 0 Å². The molecule has 1 aliphatic heterocycles. The lowest BCUT2D eigenvalue weighted by molar-refractivity contribution is 0.0485. The van der Waals surface area contributed by atoms with E-state index in [0.29, 0.717) is 10.4 Å². The van der Waals surface area contributed by atoms with Crippen LogP contribution in [0.4, 0.5) is 4.39 Å². The lowest BCUT2D eigenvalue weighted by Gasteiger charge is -2.24. The zero-order valence-corrected chi connectivity index (χ0v) is 14.1. The molecule has 3 rings (SSSR count). The molecule has 0 radical (unpaired) electrons. The van der Waals surface area contributed by atoms with Crippen LogP contribution in [0.15, 0.2) is 16.6 Å². The summed E-state index contributed by atoms with van der Waals surface area (Å²) in [6.45, 7) is 4.24. The topological polar surface area (TPSA) is 27.1 Å². The average molecular weight is 376 g/mol. The highest BCUT2D eigenvalue weighted by Crippen LogP contribution is 2.30. The number of hydrogen-bond acceptors (Lipinski definition) is 2. The van der Waals surface area contributed by atoms with Gasteiger partial charge in [-0.2, -0.15) is 0 Å². The average Bonchev–Trinajstić information content (AvgIpc) is 2.79. The van der Waals surface area contributed by atoms with Gasteiger partial charge in [-0.1, -0.05) is 0 Å². The number of rotatable bonds is 3. The van der Waals surface area contributed by atoms with Crippen molar-refractivity contribution in [3.63, 3.8) is 0 Å². The van der Waals surface area contributed by atoms with Gasteiger partial charge in [-0.05, 0) is 41.8 Å². The van der Waals surface area contributed by atoms with Crippen molar-refractivity contribution in [3.8, 4) is 0 Å². The second kappa shape index (κ2) is 6.23. The van der Waals surface area contributed by atoms with Crippen molar-refractivity contribution in [1.82, 2.24) is 9.55 Å². The maximum absolute atomic E-state index is 13.9. The van der Waals surface area contributed by atoms with Gasteiger partial charge in [0, 0.05) is 25.1 Å². The van der Waals surface area contributed by atoms with Gasteiger partial charge in [0.1, 0.15) is 11.6 Å². The van der Waals surface area contributed by atoms with Gasteiger partial charge in [-0.3, -0.25) is 0 Å². The summed E-state index contributed by atoms with van der Waals surface area (Å²) in [7, 11) is 0. The first-order valence-electron chi connectivity index (χ1n) is 7.13. The molecule has 2 heterocycles. The minimum Gasteiger partial charge on any atom is -0.381 e. The SMILES string of the molecule is CC(Cl)c1nc2cc(Br)c(F)cc2n1CC1CCCOC1. The van der Waals surface area contributed by atoms with Crippen LogP contribution in [-0.4, -0.2) is 22.8 Å². The Morgan fingerprint density at radius 1 is 1.57 bits per heavy atom. The molecule has 3 nitrogen and oxygen atoms in total. The van der Waals surface area contributed by atoms with E-state index in [1.165, 1.54) is 6.07 Å². The van der Waals surface area contributed by atoms with Crippen molar-refractivity contribution in [3.05, 3.63) is 28.2 Å². The molecule has 21 heavy (non-hydrogen) atoms. The van der Waals surface area contributed by atoms with Crippen molar-refractivity contribution in [2.75, 3.05) is 13.2 Å². The first kappa shape index (κ1) is 15.3. The summed E-state index contributed by atoms with van der Waals surface area (Å²) < 4.78 is 21.9. The molecular weight excluding hydrogens is 359 g/mol. The van der Waals surface area contributed by atoms with Crippen LogP contribution in [0.3, 0.4) is 0 Å². The monoisotopic (exact) mass is 374 g/mol. The fourth-order valence-corrected chi connectivity index (χ4v) is 3.34.